The van der Waals surface area contributed by atoms with E-state index in [9.17, 15) is 9.90 Å². The van der Waals surface area contributed by atoms with Gasteiger partial charge in [0.25, 0.3) is 5.91 Å². The van der Waals surface area contributed by atoms with Crippen molar-refractivity contribution in [2.45, 2.75) is 59.3 Å². The lowest BCUT2D eigenvalue weighted by Crippen LogP contribution is -2.36. The Hall–Kier alpha value is -1.42. The first-order valence-corrected chi connectivity index (χ1v) is 9.95. The van der Waals surface area contributed by atoms with Gasteiger partial charge in [0, 0.05) is 30.0 Å². The van der Waals surface area contributed by atoms with Gasteiger partial charge in [-0.25, -0.2) is 0 Å². The number of hydrogen-bond donors (Lipinski definition) is 1. The topological polar surface area (TPSA) is 40.5 Å². The number of thioether (sulfide) groups is 1. The molecule has 1 amide bonds. The first kappa shape index (κ1) is 19.9. The lowest BCUT2D eigenvalue weighted by atomic mass is 9.78. The summed E-state index contributed by atoms with van der Waals surface area (Å²) in [4.78, 5) is 15.3. The Kier molecular flexibility index (Phi) is 5.62. The molecule has 2 rings (SSSR count). The zero-order chi connectivity index (χ0) is 19.0. The molecule has 138 valence electrons. The minimum absolute atomic E-state index is 0.112. The van der Waals surface area contributed by atoms with E-state index in [1.165, 1.54) is 0 Å². The van der Waals surface area contributed by atoms with Crippen LogP contribution in [0.5, 0.6) is 5.75 Å². The van der Waals surface area contributed by atoms with Gasteiger partial charge in [0.2, 0.25) is 0 Å². The van der Waals surface area contributed by atoms with Crippen molar-refractivity contribution in [3.05, 3.63) is 33.7 Å². The fourth-order valence-electron chi connectivity index (χ4n) is 3.02. The standard InChI is InChI=1S/C21H31NO2S/c1-8-22-9-10-25-17(19(22)24)13-14-11-15(20(2,3)4)18(23)16(12-14)21(5,6)7/h11-13,23H,8-10H2,1-7H3/b17-13-. The number of phenolic OH excluding ortho intramolecular Hbond substituents is 1. The third kappa shape index (κ3) is 4.41. The van der Waals surface area contributed by atoms with E-state index < -0.39 is 0 Å². The molecule has 0 atom stereocenters. The second-order valence-electron chi connectivity index (χ2n) is 8.71. The van der Waals surface area contributed by atoms with Crippen molar-refractivity contribution in [1.82, 2.24) is 4.90 Å². The van der Waals surface area contributed by atoms with Crippen LogP contribution in [-0.2, 0) is 15.6 Å². The van der Waals surface area contributed by atoms with E-state index in [2.05, 4.69) is 41.5 Å². The quantitative estimate of drug-likeness (QED) is 0.760. The maximum atomic E-state index is 12.6. The van der Waals surface area contributed by atoms with E-state index in [0.29, 0.717) is 5.75 Å². The third-order valence-electron chi connectivity index (χ3n) is 4.54. The lowest BCUT2D eigenvalue weighted by molar-refractivity contribution is -0.126. The van der Waals surface area contributed by atoms with E-state index in [1.807, 2.05) is 30.0 Å². The van der Waals surface area contributed by atoms with E-state index in [0.717, 1.165) is 40.4 Å². The van der Waals surface area contributed by atoms with Gasteiger partial charge in [-0.15, -0.1) is 11.8 Å². The van der Waals surface area contributed by atoms with Crippen LogP contribution in [0.2, 0.25) is 0 Å². The number of benzene rings is 1. The van der Waals surface area contributed by atoms with E-state index >= 15 is 0 Å². The van der Waals surface area contributed by atoms with Gasteiger partial charge in [0.05, 0.1) is 4.91 Å². The number of likely N-dealkylation sites (N-methyl/N-ethyl adjacent to an activating group) is 1. The van der Waals surface area contributed by atoms with Crippen LogP contribution in [0.25, 0.3) is 6.08 Å². The molecule has 1 fully saturated rings. The Labute approximate surface area is 156 Å². The molecular formula is C21H31NO2S. The molecule has 0 aliphatic carbocycles. The Bertz CT molecular complexity index is 658. The Balaban J connectivity index is 2.58. The molecule has 1 aromatic rings. The molecule has 1 aliphatic rings. The highest BCUT2D eigenvalue weighted by Gasteiger charge is 2.27. The minimum atomic E-state index is -0.169. The second kappa shape index (κ2) is 7.06. The molecule has 0 spiro atoms. The molecule has 4 heteroatoms. The molecular weight excluding hydrogens is 330 g/mol. The average molecular weight is 362 g/mol. The van der Waals surface area contributed by atoms with Gasteiger partial charge in [0.1, 0.15) is 5.75 Å². The predicted octanol–water partition coefficient (Wildman–Crippen LogP) is 4.92. The normalized spacial score (nSPS) is 18.1. The van der Waals surface area contributed by atoms with Crippen molar-refractivity contribution in [1.29, 1.82) is 0 Å². The lowest BCUT2D eigenvalue weighted by Gasteiger charge is -2.29. The molecule has 1 aliphatic heterocycles. The average Bonchev–Trinajstić information content (AvgIpc) is 2.48. The van der Waals surface area contributed by atoms with Crippen LogP contribution < -0.4 is 0 Å². The van der Waals surface area contributed by atoms with Crippen LogP contribution in [0.3, 0.4) is 0 Å². The van der Waals surface area contributed by atoms with E-state index in [1.54, 1.807) is 11.8 Å². The highest BCUT2D eigenvalue weighted by molar-refractivity contribution is 8.04. The summed E-state index contributed by atoms with van der Waals surface area (Å²) < 4.78 is 0. The van der Waals surface area contributed by atoms with Crippen LogP contribution in [0.1, 0.15) is 65.2 Å². The first-order chi connectivity index (χ1) is 11.4. The summed E-state index contributed by atoms with van der Waals surface area (Å²) in [5, 5.41) is 10.8. The van der Waals surface area contributed by atoms with Gasteiger partial charge in [-0.05, 0) is 41.5 Å². The number of carbonyl (C=O) groups excluding carboxylic acids is 1. The van der Waals surface area contributed by atoms with Crippen molar-refractivity contribution < 1.29 is 9.90 Å². The van der Waals surface area contributed by atoms with Gasteiger partial charge >= 0.3 is 0 Å². The molecule has 0 saturated carbocycles. The number of amides is 1. The number of rotatable bonds is 2. The molecule has 1 N–H and O–H groups in total. The first-order valence-electron chi connectivity index (χ1n) is 8.97. The fraction of sp³-hybridized carbons (Fsp3) is 0.571. The van der Waals surface area contributed by atoms with Gasteiger partial charge in [-0.3, -0.25) is 4.79 Å². The fourth-order valence-corrected chi connectivity index (χ4v) is 4.03. The second-order valence-corrected chi connectivity index (χ2v) is 9.84. The molecule has 0 bridgehead atoms. The van der Waals surface area contributed by atoms with Gasteiger partial charge in [0.15, 0.2) is 0 Å². The molecule has 0 radical (unpaired) electrons. The zero-order valence-corrected chi connectivity index (χ0v) is 17.4. The summed E-state index contributed by atoms with van der Waals surface area (Å²) in [6.45, 7) is 16.2. The van der Waals surface area contributed by atoms with Crippen molar-refractivity contribution in [2.24, 2.45) is 0 Å². The van der Waals surface area contributed by atoms with Crippen LogP contribution in [0.15, 0.2) is 17.0 Å². The summed E-state index contributed by atoms with van der Waals surface area (Å²) in [6.07, 6.45) is 1.98. The van der Waals surface area contributed by atoms with Crippen molar-refractivity contribution in [3.8, 4) is 5.75 Å². The predicted molar refractivity (Wildman–Crippen MR) is 108 cm³/mol. The molecule has 0 unspecified atom stereocenters. The molecule has 25 heavy (non-hydrogen) atoms. The molecule has 3 nitrogen and oxygen atoms in total. The van der Waals surface area contributed by atoms with Gasteiger partial charge < -0.3 is 10.0 Å². The highest BCUT2D eigenvalue weighted by atomic mass is 32.2. The Morgan fingerprint density at radius 1 is 1.12 bits per heavy atom. The van der Waals surface area contributed by atoms with Crippen molar-refractivity contribution in [2.75, 3.05) is 18.8 Å². The molecule has 1 saturated heterocycles. The van der Waals surface area contributed by atoms with Crippen molar-refractivity contribution in [3.63, 3.8) is 0 Å². The van der Waals surface area contributed by atoms with Gasteiger partial charge in [-0.2, -0.15) is 0 Å². The van der Waals surface area contributed by atoms with Gasteiger partial charge in [-0.1, -0.05) is 41.5 Å². The Morgan fingerprint density at radius 2 is 1.64 bits per heavy atom. The SMILES string of the molecule is CCN1CCS/C(=C\c2cc(C(C)(C)C)c(O)c(C(C)(C)C)c2)C1=O. The van der Waals surface area contributed by atoms with Crippen molar-refractivity contribution >= 4 is 23.7 Å². The minimum Gasteiger partial charge on any atom is -0.507 e. The number of phenols is 1. The third-order valence-corrected chi connectivity index (χ3v) is 5.53. The molecule has 0 aromatic heterocycles. The highest BCUT2D eigenvalue weighted by Crippen LogP contribution is 2.40. The van der Waals surface area contributed by atoms with Crippen LogP contribution in [-0.4, -0.2) is 34.8 Å². The summed E-state index contributed by atoms with van der Waals surface area (Å²) in [6, 6.07) is 4.05. The molecule has 1 aromatic carbocycles. The smallest absolute Gasteiger partial charge is 0.260 e. The van der Waals surface area contributed by atoms with Crippen LogP contribution in [0, 0.1) is 0 Å². The van der Waals surface area contributed by atoms with E-state index in [-0.39, 0.29) is 16.7 Å². The molecule has 1 heterocycles. The summed E-state index contributed by atoms with van der Waals surface area (Å²) in [5.41, 5.74) is 2.50. The maximum Gasteiger partial charge on any atom is 0.260 e. The zero-order valence-electron chi connectivity index (χ0n) is 16.6. The number of carbonyl (C=O) groups is 1. The largest absolute Gasteiger partial charge is 0.507 e. The number of nitrogens with zero attached hydrogens (tertiary/aromatic N) is 1. The summed E-state index contributed by atoms with van der Waals surface area (Å²) in [7, 11) is 0. The maximum absolute atomic E-state index is 12.6. The number of hydrogen-bond acceptors (Lipinski definition) is 3. The Morgan fingerprint density at radius 3 is 2.08 bits per heavy atom. The number of aromatic hydroxyl groups is 1. The summed E-state index contributed by atoms with van der Waals surface area (Å²) in [5.74, 6) is 1.42. The van der Waals surface area contributed by atoms with E-state index in [4.69, 9.17) is 0 Å². The van der Waals surface area contributed by atoms with Crippen LogP contribution in [0.4, 0.5) is 0 Å². The summed E-state index contributed by atoms with van der Waals surface area (Å²) >= 11 is 1.62. The van der Waals surface area contributed by atoms with Crippen LogP contribution >= 0.6 is 11.8 Å². The monoisotopic (exact) mass is 361 g/mol.